The van der Waals surface area contributed by atoms with E-state index in [-0.39, 0.29) is 11.5 Å². The summed E-state index contributed by atoms with van der Waals surface area (Å²) in [6.45, 7) is 0. The predicted octanol–water partition coefficient (Wildman–Crippen LogP) is 4.22. The topological polar surface area (TPSA) is 70.0 Å². The SMILES string of the molecule is O=C(O)c1ccc(N2C(=O)/C(=C\c3ccccc3)N=C2c2ccccc2)cc1. The number of hydrogen-bond donors (Lipinski definition) is 1. The third kappa shape index (κ3) is 3.33. The molecule has 0 saturated carbocycles. The first-order valence-electron chi connectivity index (χ1n) is 8.72. The van der Waals surface area contributed by atoms with Crippen molar-refractivity contribution < 1.29 is 14.7 Å². The highest BCUT2D eigenvalue weighted by atomic mass is 16.4. The molecule has 1 heterocycles. The molecule has 3 aromatic rings. The third-order valence-electron chi connectivity index (χ3n) is 4.37. The molecule has 0 atom stereocenters. The van der Waals surface area contributed by atoms with E-state index in [1.165, 1.54) is 17.0 Å². The highest BCUT2D eigenvalue weighted by molar-refractivity contribution is 6.33. The van der Waals surface area contributed by atoms with Crippen molar-refractivity contribution in [1.82, 2.24) is 0 Å². The van der Waals surface area contributed by atoms with Crippen molar-refractivity contribution in [3.63, 3.8) is 0 Å². The number of carbonyl (C=O) groups excluding carboxylic acids is 1. The van der Waals surface area contributed by atoms with E-state index in [0.717, 1.165) is 11.1 Å². The molecule has 0 aromatic heterocycles. The summed E-state index contributed by atoms with van der Waals surface area (Å²) in [4.78, 5) is 30.4. The normalized spacial score (nSPS) is 15.0. The number of amidine groups is 1. The maximum Gasteiger partial charge on any atom is 0.335 e. The molecule has 5 heteroatoms. The van der Waals surface area contributed by atoms with E-state index < -0.39 is 5.97 Å². The summed E-state index contributed by atoms with van der Waals surface area (Å²) in [6, 6.07) is 25.1. The van der Waals surface area contributed by atoms with Crippen molar-refractivity contribution in [2.24, 2.45) is 4.99 Å². The Hall–Kier alpha value is -3.99. The molecule has 4 rings (SSSR count). The summed E-state index contributed by atoms with van der Waals surface area (Å²) in [6.07, 6.45) is 1.75. The van der Waals surface area contributed by atoms with Crippen LogP contribution in [0.5, 0.6) is 0 Å². The van der Waals surface area contributed by atoms with E-state index in [1.54, 1.807) is 18.2 Å². The van der Waals surface area contributed by atoms with Crippen LogP contribution in [-0.4, -0.2) is 22.8 Å². The Morgan fingerprint density at radius 1 is 0.857 bits per heavy atom. The molecule has 0 unspecified atom stereocenters. The van der Waals surface area contributed by atoms with Crippen LogP contribution in [0.15, 0.2) is 95.6 Å². The number of benzene rings is 3. The van der Waals surface area contributed by atoms with Crippen molar-refractivity contribution in [3.05, 3.63) is 107 Å². The first-order valence-corrected chi connectivity index (χ1v) is 8.72. The van der Waals surface area contributed by atoms with Crippen molar-refractivity contribution in [2.45, 2.75) is 0 Å². The fourth-order valence-electron chi connectivity index (χ4n) is 3.00. The number of rotatable bonds is 4. The lowest BCUT2D eigenvalue weighted by Gasteiger charge is -2.18. The molecule has 5 nitrogen and oxygen atoms in total. The van der Waals surface area contributed by atoms with Crippen LogP contribution < -0.4 is 4.90 Å². The van der Waals surface area contributed by atoms with Crippen LogP contribution >= 0.6 is 0 Å². The van der Waals surface area contributed by atoms with E-state index in [0.29, 0.717) is 17.2 Å². The Kier molecular flexibility index (Phi) is 4.56. The summed E-state index contributed by atoms with van der Waals surface area (Å²) >= 11 is 0. The Labute approximate surface area is 161 Å². The molecule has 136 valence electrons. The number of aliphatic imine (C=N–C) groups is 1. The van der Waals surface area contributed by atoms with Gasteiger partial charge in [-0.15, -0.1) is 0 Å². The molecule has 1 amide bonds. The molecule has 0 aliphatic carbocycles. The first kappa shape index (κ1) is 17.4. The van der Waals surface area contributed by atoms with Crippen LogP contribution in [0.25, 0.3) is 6.08 Å². The van der Waals surface area contributed by atoms with E-state index in [2.05, 4.69) is 4.99 Å². The lowest BCUT2D eigenvalue weighted by atomic mass is 10.1. The predicted molar refractivity (Wildman–Crippen MR) is 108 cm³/mol. The highest BCUT2D eigenvalue weighted by Crippen LogP contribution is 2.28. The maximum absolute atomic E-state index is 13.1. The zero-order valence-corrected chi connectivity index (χ0v) is 14.8. The van der Waals surface area contributed by atoms with Gasteiger partial charge in [0.25, 0.3) is 5.91 Å². The van der Waals surface area contributed by atoms with Gasteiger partial charge in [-0.2, -0.15) is 0 Å². The molecule has 0 saturated heterocycles. The van der Waals surface area contributed by atoms with Crippen molar-refractivity contribution in [3.8, 4) is 0 Å². The lowest BCUT2D eigenvalue weighted by Crippen LogP contribution is -2.32. The molecule has 28 heavy (non-hydrogen) atoms. The minimum absolute atomic E-state index is 0.161. The van der Waals surface area contributed by atoms with Crippen LogP contribution in [0.3, 0.4) is 0 Å². The zero-order valence-electron chi connectivity index (χ0n) is 14.8. The number of anilines is 1. The molecular formula is C23H16N2O3. The summed E-state index contributed by atoms with van der Waals surface area (Å²) in [7, 11) is 0. The average Bonchev–Trinajstić information content (AvgIpc) is 3.05. The Morgan fingerprint density at radius 3 is 2.07 bits per heavy atom. The van der Waals surface area contributed by atoms with Gasteiger partial charge in [0.15, 0.2) is 0 Å². The Bertz CT molecular complexity index is 1090. The Balaban J connectivity index is 1.80. The average molecular weight is 368 g/mol. The number of carbonyl (C=O) groups is 2. The van der Waals surface area contributed by atoms with Crippen molar-refractivity contribution in [2.75, 3.05) is 4.90 Å². The number of carboxylic acids is 1. The van der Waals surface area contributed by atoms with Gasteiger partial charge < -0.3 is 5.11 Å². The molecule has 0 fully saturated rings. The van der Waals surface area contributed by atoms with Crippen molar-refractivity contribution in [1.29, 1.82) is 0 Å². The number of hydrogen-bond acceptors (Lipinski definition) is 3. The minimum atomic E-state index is -1.01. The van der Waals surface area contributed by atoms with Crippen LogP contribution in [0.4, 0.5) is 5.69 Å². The molecular weight excluding hydrogens is 352 g/mol. The van der Waals surface area contributed by atoms with Crippen LogP contribution in [-0.2, 0) is 4.79 Å². The van der Waals surface area contributed by atoms with Crippen LogP contribution in [0, 0.1) is 0 Å². The lowest BCUT2D eigenvalue weighted by molar-refractivity contribution is -0.113. The minimum Gasteiger partial charge on any atom is -0.478 e. The van der Waals surface area contributed by atoms with Gasteiger partial charge in [0.2, 0.25) is 0 Å². The zero-order chi connectivity index (χ0) is 19.5. The van der Waals surface area contributed by atoms with Gasteiger partial charge in [0, 0.05) is 5.56 Å². The second kappa shape index (κ2) is 7.32. The van der Waals surface area contributed by atoms with E-state index in [1.807, 2.05) is 60.7 Å². The fourth-order valence-corrected chi connectivity index (χ4v) is 3.00. The molecule has 0 bridgehead atoms. The first-order chi connectivity index (χ1) is 13.6. The standard InChI is InChI=1S/C23H16N2O3/c26-22-20(15-16-7-3-1-4-8-16)24-21(17-9-5-2-6-10-17)25(22)19-13-11-18(12-14-19)23(27)28/h1-15H,(H,27,28)/b20-15+. The van der Waals surface area contributed by atoms with Gasteiger partial charge in [-0.25, -0.2) is 9.79 Å². The summed E-state index contributed by atoms with van der Waals surface area (Å²) < 4.78 is 0. The van der Waals surface area contributed by atoms with Gasteiger partial charge >= 0.3 is 5.97 Å². The molecule has 1 aliphatic heterocycles. The number of nitrogens with zero attached hydrogens (tertiary/aromatic N) is 2. The van der Waals surface area contributed by atoms with Gasteiger partial charge in [0.05, 0.1) is 11.3 Å². The summed E-state index contributed by atoms with van der Waals surface area (Å²) in [5, 5.41) is 9.12. The largest absolute Gasteiger partial charge is 0.478 e. The maximum atomic E-state index is 13.1. The third-order valence-corrected chi connectivity index (χ3v) is 4.37. The highest BCUT2D eigenvalue weighted by Gasteiger charge is 2.32. The number of carboxylic acid groups (broad SMARTS) is 1. The van der Waals surface area contributed by atoms with Crippen molar-refractivity contribution >= 4 is 29.5 Å². The van der Waals surface area contributed by atoms with E-state index in [4.69, 9.17) is 5.11 Å². The second-order valence-electron chi connectivity index (χ2n) is 6.23. The molecule has 1 N–H and O–H groups in total. The van der Waals surface area contributed by atoms with E-state index in [9.17, 15) is 9.59 Å². The van der Waals surface area contributed by atoms with Gasteiger partial charge in [-0.3, -0.25) is 9.69 Å². The van der Waals surface area contributed by atoms with Crippen LogP contribution in [0.2, 0.25) is 0 Å². The smallest absolute Gasteiger partial charge is 0.335 e. The van der Waals surface area contributed by atoms with E-state index >= 15 is 0 Å². The number of aromatic carboxylic acids is 1. The fraction of sp³-hybridized carbons (Fsp3) is 0. The molecule has 1 aliphatic rings. The second-order valence-corrected chi connectivity index (χ2v) is 6.23. The molecule has 0 spiro atoms. The number of amides is 1. The monoisotopic (exact) mass is 368 g/mol. The van der Waals surface area contributed by atoms with Crippen LogP contribution in [0.1, 0.15) is 21.5 Å². The molecule has 3 aromatic carbocycles. The quantitative estimate of drug-likeness (QED) is 0.701. The summed E-state index contributed by atoms with van der Waals surface area (Å²) in [5.41, 5.74) is 2.73. The summed E-state index contributed by atoms with van der Waals surface area (Å²) in [5.74, 6) is -0.762. The van der Waals surface area contributed by atoms with Gasteiger partial charge in [-0.05, 0) is 35.9 Å². The van der Waals surface area contributed by atoms with Gasteiger partial charge in [0.1, 0.15) is 11.5 Å². The molecule has 0 radical (unpaired) electrons. The Morgan fingerprint density at radius 2 is 1.46 bits per heavy atom. The van der Waals surface area contributed by atoms with Gasteiger partial charge in [-0.1, -0.05) is 60.7 Å².